The lowest BCUT2D eigenvalue weighted by Gasteiger charge is -2.11. The minimum Gasteiger partial charge on any atom is -0.423 e. The van der Waals surface area contributed by atoms with E-state index in [0.717, 1.165) is 5.39 Å². The molecule has 4 rings (SSSR count). The maximum atomic E-state index is 12.2. The number of para-hydroxylation sites is 1. The molecule has 0 amide bonds. The van der Waals surface area contributed by atoms with Crippen molar-refractivity contribution in [2.45, 2.75) is 0 Å². The second kappa shape index (κ2) is 7.58. The number of hydrogen-bond donors (Lipinski definition) is 1. The molecule has 1 N–H and O–H groups in total. The van der Waals surface area contributed by atoms with Crippen LogP contribution in [0.2, 0.25) is 5.28 Å². The summed E-state index contributed by atoms with van der Waals surface area (Å²) >= 11 is 6.01. The highest BCUT2D eigenvalue weighted by molar-refractivity contribution is 6.28. The monoisotopic (exact) mass is 404 g/mol. The Bertz CT molecular complexity index is 1310. The normalized spacial score (nSPS) is 10.5. The Balaban J connectivity index is 1.68. The van der Waals surface area contributed by atoms with Crippen molar-refractivity contribution in [2.24, 2.45) is 7.05 Å². The molecule has 2 aromatic heterocycles. The standard InChI is InChI=1S/C20H13ClN6O2/c1-27-15-5-3-2-4-14(15)16(10-17(27)28)29-20-25-18(21)24-19(26-20)23-13-8-6-12(11-22)7-9-13/h2-10H,1H3,(H,23,24,25,26). The third-order valence-electron chi connectivity index (χ3n) is 4.18. The first kappa shape index (κ1) is 18.4. The van der Waals surface area contributed by atoms with Gasteiger partial charge in [0.25, 0.3) is 5.56 Å². The van der Waals surface area contributed by atoms with E-state index >= 15 is 0 Å². The lowest BCUT2D eigenvalue weighted by molar-refractivity contribution is 0.444. The van der Waals surface area contributed by atoms with Gasteiger partial charge in [-0.05, 0) is 48.0 Å². The van der Waals surface area contributed by atoms with Gasteiger partial charge < -0.3 is 14.6 Å². The fourth-order valence-corrected chi connectivity index (χ4v) is 2.91. The number of nitriles is 1. The van der Waals surface area contributed by atoms with Gasteiger partial charge in [-0.25, -0.2) is 0 Å². The quantitative estimate of drug-likeness (QED) is 0.551. The molecule has 142 valence electrons. The number of aromatic nitrogens is 4. The fourth-order valence-electron chi connectivity index (χ4n) is 2.75. The van der Waals surface area contributed by atoms with Crippen molar-refractivity contribution in [3.8, 4) is 17.8 Å². The average Bonchev–Trinajstić information content (AvgIpc) is 2.72. The third kappa shape index (κ3) is 3.85. The van der Waals surface area contributed by atoms with E-state index in [0.29, 0.717) is 22.5 Å². The number of pyridine rings is 1. The molecular formula is C20H13ClN6O2. The molecule has 0 unspecified atom stereocenters. The lowest BCUT2D eigenvalue weighted by Crippen LogP contribution is -2.16. The molecule has 8 nitrogen and oxygen atoms in total. The van der Waals surface area contributed by atoms with Gasteiger partial charge in [0.1, 0.15) is 5.75 Å². The summed E-state index contributed by atoms with van der Waals surface area (Å²) in [7, 11) is 1.69. The van der Waals surface area contributed by atoms with Gasteiger partial charge >= 0.3 is 6.01 Å². The van der Waals surface area contributed by atoms with E-state index in [1.165, 1.54) is 10.6 Å². The van der Waals surface area contributed by atoms with Crippen molar-refractivity contribution in [1.82, 2.24) is 19.5 Å². The SMILES string of the molecule is Cn1c(=O)cc(Oc2nc(Cl)nc(Nc3ccc(C#N)cc3)n2)c2ccccc21. The summed E-state index contributed by atoms with van der Waals surface area (Å²) in [5.74, 6) is 0.480. The number of aryl methyl sites for hydroxylation is 1. The molecular weight excluding hydrogens is 392 g/mol. The predicted molar refractivity (Wildman–Crippen MR) is 109 cm³/mol. The van der Waals surface area contributed by atoms with Crippen molar-refractivity contribution in [3.63, 3.8) is 0 Å². The molecule has 0 aliphatic heterocycles. The molecule has 0 bridgehead atoms. The summed E-state index contributed by atoms with van der Waals surface area (Å²) in [4.78, 5) is 24.5. The summed E-state index contributed by atoms with van der Waals surface area (Å²) in [6, 6.07) is 17.5. The molecule has 0 radical (unpaired) electrons. The number of fused-ring (bicyclic) bond motifs is 1. The Morgan fingerprint density at radius 2 is 1.86 bits per heavy atom. The summed E-state index contributed by atoms with van der Waals surface area (Å²) in [6.07, 6.45) is 0. The molecule has 0 aliphatic carbocycles. The van der Waals surface area contributed by atoms with E-state index in [1.54, 1.807) is 31.3 Å². The second-order valence-corrected chi connectivity index (χ2v) is 6.39. The number of rotatable bonds is 4. The molecule has 29 heavy (non-hydrogen) atoms. The van der Waals surface area contributed by atoms with Crippen LogP contribution in [0.5, 0.6) is 11.8 Å². The second-order valence-electron chi connectivity index (χ2n) is 6.05. The zero-order valence-corrected chi connectivity index (χ0v) is 15.9. The molecule has 0 saturated heterocycles. The van der Waals surface area contributed by atoms with Crippen LogP contribution in [0.25, 0.3) is 10.9 Å². The predicted octanol–water partition coefficient (Wildman–Crippen LogP) is 3.78. The number of benzene rings is 2. The van der Waals surface area contributed by atoms with Crippen molar-refractivity contribution in [1.29, 1.82) is 5.26 Å². The van der Waals surface area contributed by atoms with Gasteiger partial charge in [0.05, 0.1) is 17.1 Å². The zero-order chi connectivity index (χ0) is 20.4. The minimum atomic E-state index is -0.227. The molecule has 0 saturated carbocycles. The Kier molecular flexibility index (Phi) is 4.81. The van der Waals surface area contributed by atoms with E-state index in [1.807, 2.05) is 30.3 Å². The molecule has 9 heteroatoms. The van der Waals surface area contributed by atoms with Crippen LogP contribution in [0, 0.1) is 11.3 Å². The number of anilines is 2. The smallest absolute Gasteiger partial charge is 0.328 e. The fraction of sp³-hybridized carbons (Fsp3) is 0.0500. The van der Waals surface area contributed by atoms with E-state index in [4.69, 9.17) is 21.6 Å². The maximum absolute atomic E-state index is 12.2. The summed E-state index contributed by atoms with van der Waals surface area (Å²) < 4.78 is 7.31. The molecule has 4 aromatic rings. The lowest BCUT2D eigenvalue weighted by atomic mass is 10.2. The van der Waals surface area contributed by atoms with E-state index in [2.05, 4.69) is 20.3 Å². The number of nitrogens with one attached hydrogen (secondary N) is 1. The Hall–Kier alpha value is -3.96. The van der Waals surface area contributed by atoms with Crippen LogP contribution >= 0.6 is 11.6 Å². The first-order chi connectivity index (χ1) is 14.0. The number of nitrogens with zero attached hydrogens (tertiary/aromatic N) is 5. The van der Waals surface area contributed by atoms with Gasteiger partial charge in [0.15, 0.2) is 0 Å². The molecule has 0 spiro atoms. The summed E-state index contributed by atoms with van der Waals surface area (Å²) in [6.45, 7) is 0. The number of ether oxygens (including phenoxy) is 1. The first-order valence-corrected chi connectivity index (χ1v) is 8.87. The zero-order valence-electron chi connectivity index (χ0n) is 15.1. The summed E-state index contributed by atoms with van der Waals surface area (Å²) in [5.41, 5.74) is 1.68. The van der Waals surface area contributed by atoms with Gasteiger partial charge in [0, 0.05) is 24.2 Å². The summed E-state index contributed by atoms with van der Waals surface area (Å²) in [5, 5.41) is 12.5. The van der Waals surface area contributed by atoms with Crippen LogP contribution < -0.4 is 15.6 Å². The Labute approximate surface area is 170 Å². The Morgan fingerprint density at radius 1 is 1.10 bits per heavy atom. The van der Waals surface area contributed by atoms with E-state index in [-0.39, 0.29) is 22.8 Å². The minimum absolute atomic E-state index is 0.0560. The molecule has 0 atom stereocenters. The van der Waals surface area contributed by atoms with Crippen LogP contribution in [-0.2, 0) is 7.05 Å². The van der Waals surface area contributed by atoms with Crippen LogP contribution in [-0.4, -0.2) is 19.5 Å². The van der Waals surface area contributed by atoms with Crippen LogP contribution in [0.1, 0.15) is 5.56 Å². The molecule has 2 aromatic carbocycles. The topological polar surface area (TPSA) is 106 Å². The van der Waals surface area contributed by atoms with Crippen molar-refractivity contribution < 1.29 is 4.74 Å². The van der Waals surface area contributed by atoms with Gasteiger partial charge in [-0.2, -0.15) is 20.2 Å². The van der Waals surface area contributed by atoms with Crippen molar-refractivity contribution in [3.05, 3.63) is 75.8 Å². The largest absolute Gasteiger partial charge is 0.423 e. The van der Waals surface area contributed by atoms with Gasteiger partial charge in [-0.15, -0.1) is 0 Å². The number of hydrogen-bond acceptors (Lipinski definition) is 7. The maximum Gasteiger partial charge on any atom is 0.328 e. The van der Waals surface area contributed by atoms with Gasteiger partial charge in [-0.1, -0.05) is 12.1 Å². The highest BCUT2D eigenvalue weighted by Gasteiger charge is 2.12. The molecule has 0 fully saturated rings. The highest BCUT2D eigenvalue weighted by atomic mass is 35.5. The molecule has 2 heterocycles. The highest BCUT2D eigenvalue weighted by Crippen LogP contribution is 2.27. The van der Waals surface area contributed by atoms with Crippen LogP contribution in [0.4, 0.5) is 11.6 Å². The number of halogens is 1. The average molecular weight is 405 g/mol. The third-order valence-corrected chi connectivity index (χ3v) is 4.34. The molecule has 0 aliphatic rings. The van der Waals surface area contributed by atoms with E-state index in [9.17, 15) is 4.79 Å². The van der Waals surface area contributed by atoms with Crippen molar-refractivity contribution in [2.75, 3.05) is 5.32 Å². The van der Waals surface area contributed by atoms with E-state index < -0.39 is 0 Å². The van der Waals surface area contributed by atoms with Gasteiger partial charge in [0.2, 0.25) is 11.2 Å². The van der Waals surface area contributed by atoms with Crippen molar-refractivity contribution >= 4 is 34.1 Å². The Morgan fingerprint density at radius 3 is 2.62 bits per heavy atom. The van der Waals surface area contributed by atoms with Gasteiger partial charge in [-0.3, -0.25) is 4.79 Å². The van der Waals surface area contributed by atoms with Crippen LogP contribution in [0.3, 0.4) is 0 Å². The van der Waals surface area contributed by atoms with Crippen LogP contribution in [0.15, 0.2) is 59.4 Å². The first-order valence-electron chi connectivity index (χ1n) is 8.49.